The summed E-state index contributed by atoms with van der Waals surface area (Å²) < 4.78 is 0. The van der Waals surface area contributed by atoms with E-state index < -0.39 is 5.97 Å². The highest BCUT2D eigenvalue weighted by molar-refractivity contribution is 6.05. The molecule has 16 heavy (non-hydrogen) atoms. The molecule has 0 atom stereocenters. The van der Waals surface area contributed by atoms with E-state index in [4.69, 9.17) is 0 Å². The third kappa shape index (κ3) is 1.26. The minimum atomic E-state index is -0.932. The quantitative estimate of drug-likeness (QED) is 0.723. The highest BCUT2D eigenvalue weighted by atomic mass is 16.4. The number of aromatic carboxylic acids is 1. The lowest BCUT2D eigenvalue weighted by molar-refractivity contribution is 0.0698. The van der Waals surface area contributed by atoms with Crippen LogP contribution in [0.15, 0.2) is 18.2 Å². The second-order valence-corrected chi connectivity index (χ2v) is 4.22. The molecule has 0 unspecified atom stereocenters. The van der Waals surface area contributed by atoms with Gasteiger partial charge in [0.25, 0.3) is 0 Å². The Hall–Kier alpha value is -1.97. The van der Waals surface area contributed by atoms with Gasteiger partial charge < -0.3 is 15.2 Å². The molecule has 82 valence electrons. The third-order valence-corrected chi connectivity index (χ3v) is 3.01. The number of aromatic nitrogens is 1. The van der Waals surface area contributed by atoms with E-state index in [1.165, 1.54) is 6.07 Å². The summed E-state index contributed by atoms with van der Waals surface area (Å²) in [6.45, 7) is 0. The molecule has 3 N–H and O–H groups in total. The summed E-state index contributed by atoms with van der Waals surface area (Å²) >= 11 is 0. The Morgan fingerprint density at radius 1 is 1.38 bits per heavy atom. The zero-order valence-corrected chi connectivity index (χ0v) is 8.53. The molecule has 1 aromatic carbocycles. The van der Waals surface area contributed by atoms with E-state index in [1.54, 1.807) is 12.1 Å². The largest absolute Gasteiger partial charge is 0.508 e. The standard InChI is InChI=1S/C12H11NO3/c14-7-3-4-9-8(5-7)10(12(15)16)11(13-9)6-1-2-6/h3-6,13-14H,1-2H2,(H,15,16). The molecule has 0 bridgehead atoms. The van der Waals surface area contributed by atoms with Crippen molar-refractivity contribution in [2.75, 3.05) is 0 Å². The van der Waals surface area contributed by atoms with E-state index in [0.29, 0.717) is 16.9 Å². The van der Waals surface area contributed by atoms with Crippen LogP contribution < -0.4 is 0 Å². The van der Waals surface area contributed by atoms with Gasteiger partial charge in [0.05, 0.1) is 5.56 Å². The second-order valence-electron chi connectivity index (χ2n) is 4.22. The second kappa shape index (κ2) is 3.01. The Morgan fingerprint density at radius 3 is 2.75 bits per heavy atom. The first-order valence-corrected chi connectivity index (χ1v) is 5.24. The average molecular weight is 217 g/mol. The van der Waals surface area contributed by atoms with Gasteiger partial charge in [-0.3, -0.25) is 0 Å². The Kier molecular flexibility index (Phi) is 1.74. The van der Waals surface area contributed by atoms with Gasteiger partial charge in [0.2, 0.25) is 0 Å². The SMILES string of the molecule is O=C(O)c1c(C2CC2)[nH]c2ccc(O)cc12. The monoisotopic (exact) mass is 217 g/mol. The average Bonchev–Trinajstić information content (AvgIpc) is 2.99. The molecule has 2 aromatic rings. The minimum absolute atomic E-state index is 0.0938. The number of nitrogens with one attached hydrogen (secondary N) is 1. The molecule has 4 heteroatoms. The van der Waals surface area contributed by atoms with Gasteiger partial charge in [-0.05, 0) is 37.0 Å². The number of aromatic amines is 1. The molecule has 0 saturated heterocycles. The van der Waals surface area contributed by atoms with E-state index in [1.807, 2.05) is 0 Å². The van der Waals surface area contributed by atoms with Gasteiger partial charge in [-0.25, -0.2) is 4.79 Å². The smallest absolute Gasteiger partial charge is 0.338 e. The van der Waals surface area contributed by atoms with Crippen molar-refractivity contribution in [3.8, 4) is 5.75 Å². The van der Waals surface area contributed by atoms with Crippen molar-refractivity contribution >= 4 is 16.9 Å². The Balaban J connectivity index is 2.33. The van der Waals surface area contributed by atoms with E-state index >= 15 is 0 Å². The maximum absolute atomic E-state index is 11.2. The van der Waals surface area contributed by atoms with Crippen LogP contribution in [-0.2, 0) is 0 Å². The molecule has 3 rings (SSSR count). The number of aromatic hydroxyl groups is 1. The third-order valence-electron chi connectivity index (χ3n) is 3.01. The maximum atomic E-state index is 11.2. The van der Waals surface area contributed by atoms with Crippen molar-refractivity contribution in [3.63, 3.8) is 0 Å². The summed E-state index contributed by atoms with van der Waals surface area (Å²) in [4.78, 5) is 14.4. The molecule has 0 amide bonds. The topological polar surface area (TPSA) is 73.3 Å². The highest BCUT2D eigenvalue weighted by Crippen LogP contribution is 2.43. The first-order valence-electron chi connectivity index (χ1n) is 5.24. The Morgan fingerprint density at radius 2 is 2.12 bits per heavy atom. The number of hydrogen-bond acceptors (Lipinski definition) is 2. The summed E-state index contributed by atoms with van der Waals surface area (Å²) in [7, 11) is 0. The summed E-state index contributed by atoms with van der Waals surface area (Å²) in [5, 5.41) is 19.2. The van der Waals surface area contributed by atoms with Gasteiger partial charge in [0, 0.05) is 16.6 Å². The number of H-pyrrole nitrogens is 1. The number of carboxylic acids is 1. The van der Waals surface area contributed by atoms with Crippen molar-refractivity contribution in [2.45, 2.75) is 18.8 Å². The van der Waals surface area contributed by atoms with Crippen molar-refractivity contribution in [3.05, 3.63) is 29.5 Å². The number of carbonyl (C=O) groups is 1. The highest BCUT2D eigenvalue weighted by Gasteiger charge is 2.31. The predicted octanol–water partition coefficient (Wildman–Crippen LogP) is 2.45. The lowest BCUT2D eigenvalue weighted by atomic mass is 10.1. The molecule has 1 aromatic heterocycles. The van der Waals surface area contributed by atoms with Gasteiger partial charge in [0.1, 0.15) is 5.75 Å². The maximum Gasteiger partial charge on any atom is 0.338 e. The van der Waals surface area contributed by atoms with Gasteiger partial charge in [-0.2, -0.15) is 0 Å². The lowest BCUT2D eigenvalue weighted by Gasteiger charge is -1.96. The van der Waals surface area contributed by atoms with Gasteiger partial charge in [-0.1, -0.05) is 0 Å². The summed E-state index contributed by atoms with van der Waals surface area (Å²) in [5.74, 6) is -0.490. The van der Waals surface area contributed by atoms with Crippen LogP contribution in [0.4, 0.5) is 0 Å². The van der Waals surface area contributed by atoms with Crippen LogP contribution in [0.1, 0.15) is 34.8 Å². The fraction of sp³-hybridized carbons (Fsp3) is 0.250. The summed E-state index contributed by atoms with van der Waals surface area (Å²) in [6.07, 6.45) is 2.08. The molecule has 1 saturated carbocycles. The normalized spacial score (nSPS) is 15.5. The lowest BCUT2D eigenvalue weighted by Crippen LogP contribution is -1.99. The number of phenols is 1. The molecule has 4 nitrogen and oxygen atoms in total. The number of rotatable bonds is 2. The van der Waals surface area contributed by atoms with Crippen molar-refractivity contribution < 1.29 is 15.0 Å². The van der Waals surface area contributed by atoms with E-state index in [9.17, 15) is 15.0 Å². The number of carboxylic acid groups (broad SMARTS) is 1. The summed E-state index contributed by atoms with van der Waals surface area (Å²) in [5.41, 5.74) is 1.89. The van der Waals surface area contributed by atoms with Crippen molar-refractivity contribution in [1.82, 2.24) is 4.98 Å². The van der Waals surface area contributed by atoms with E-state index in [2.05, 4.69) is 4.98 Å². The van der Waals surface area contributed by atoms with Crippen molar-refractivity contribution in [2.24, 2.45) is 0 Å². The molecule has 1 fully saturated rings. The molecule has 1 aliphatic carbocycles. The van der Waals surface area contributed by atoms with Gasteiger partial charge in [0.15, 0.2) is 0 Å². The molecule has 1 aliphatic rings. The number of phenolic OH excluding ortho intramolecular Hbond substituents is 1. The van der Waals surface area contributed by atoms with Crippen LogP contribution >= 0.6 is 0 Å². The zero-order chi connectivity index (χ0) is 11.3. The molecule has 0 radical (unpaired) electrons. The Labute approximate surface area is 91.5 Å². The van der Waals surface area contributed by atoms with Crippen LogP contribution in [0.25, 0.3) is 10.9 Å². The fourth-order valence-corrected chi connectivity index (χ4v) is 2.11. The van der Waals surface area contributed by atoms with Gasteiger partial charge >= 0.3 is 5.97 Å². The number of fused-ring (bicyclic) bond motifs is 1. The zero-order valence-electron chi connectivity index (χ0n) is 8.53. The van der Waals surface area contributed by atoms with Crippen LogP contribution in [0, 0.1) is 0 Å². The van der Waals surface area contributed by atoms with Crippen LogP contribution in [-0.4, -0.2) is 21.2 Å². The van der Waals surface area contributed by atoms with E-state index in [0.717, 1.165) is 24.1 Å². The first-order chi connectivity index (χ1) is 7.66. The number of benzene rings is 1. The predicted molar refractivity (Wildman–Crippen MR) is 58.9 cm³/mol. The van der Waals surface area contributed by atoms with Crippen LogP contribution in [0.3, 0.4) is 0 Å². The molecular formula is C12H11NO3. The molecule has 1 heterocycles. The van der Waals surface area contributed by atoms with E-state index in [-0.39, 0.29) is 5.75 Å². The summed E-state index contributed by atoms with van der Waals surface area (Å²) in [6, 6.07) is 4.77. The van der Waals surface area contributed by atoms with Crippen LogP contribution in [0.5, 0.6) is 5.75 Å². The fourth-order valence-electron chi connectivity index (χ4n) is 2.11. The minimum Gasteiger partial charge on any atom is -0.508 e. The first kappa shape index (κ1) is 9.27. The molecule has 0 aliphatic heterocycles. The van der Waals surface area contributed by atoms with Gasteiger partial charge in [-0.15, -0.1) is 0 Å². The van der Waals surface area contributed by atoms with Crippen molar-refractivity contribution in [1.29, 1.82) is 0 Å². The number of hydrogen-bond donors (Lipinski definition) is 3. The Bertz CT molecular complexity index is 581. The molecular weight excluding hydrogens is 206 g/mol. The molecule has 0 spiro atoms. The van der Waals surface area contributed by atoms with Crippen LogP contribution in [0.2, 0.25) is 0 Å².